The molecule has 6 nitrogen and oxygen atoms in total. The normalized spacial score (nSPS) is 17.4. The van der Waals surface area contributed by atoms with Crippen molar-refractivity contribution >= 4 is 23.3 Å². The van der Waals surface area contributed by atoms with E-state index in [1.54, 1.807) is 18.2 Å². The highest BCUT2D eigenvalue weighted by molar-refractivity contribution is 6.05. The van der Waals surface area contributed by atoms with Crippen molar-refractivity contribution in [2.75, 3.05) is 17.2 Å². The second kappa shape index (κ2) is 4.95. The average molecular weight is 250 g/mol. The zero-order valence-electron chi connectivity index (χ0n) is 9.90. The molecule has 2 rings (SSSR count). The molecule has 0 aliphatic carbocycles. The molecule has 3 N–H and O–H groups in total. The maximum atomic E-state index is 11.8. The first-order chi connectivity index (χ1) is 8.61. The summed E-state index contributed by atoms with van der Waals surface area (Å²) in [6, 6.07) is 4.55. The molecular weight excluding hydrogens is 236 g/mol. The summed E-state index contributed by atoms with van der Waals surface area (Å²) in [6.07, 6.45) is -0.260. The van der Waals surface area contributed by atoms with Gasteiger partial charge in [0, 0.05) is 0 Å². The van der Waals surface area contributed by atoms with Gasteiger partial charge < -0.3 is 20.5 Å². The van der Waals surface area contributed by atoms with Crippen molar-refractivity contribution in [1.29, 1.82) is 0 Å². The largest absolute Gasteiger partial charge is 0.492 e. The highest BCUT2D eigenvalue weighted by Gasteiger charge is 2.29. The molecule has 1 unspecified atom stereocenters. The summed E-state index contributed by atoms with van der Waals surface area (Å²) in [7, 11) is 0. The molecule has 1 heterocycles. The zero-order chi connectivity index (χ0) is 13.1. The average Bonchev–Trinajstić information content (AvgIpc) is 2.31. The van der Waals surface area contributed by atoms with E-state index in [2.05, 4.69) is 10.6 Å². The lowest BCUT2D eigenvalue weighted by Gasteiger charge is -2.27. The summed E-state index contributed by atoms with van der Waals surface area (Å²) < 4.78 is 5.40. The fraction of sp³-hybridized carbons (Fsp3) is 0.333. The van der Waals surface area contributed by atoms with Crippen molar-refractivity contribution in [1.82, 2.24) is 0 Å². The molecule has 96 valence electrons. The molecule has 18 heavy (non-hydrogen) atoms. The predicted molar refractivity (Wildman–Crippen MR) is 65.9 cm³/mol. The van der Waals surface area contributed by atoms with E-state index >= 15 is 0 Å². The van der Waals surface area contributed by atoms with Crippen LogP contribution in [-0.4, -0.2) is 29.6 Å². The Morgan fingerprint density at radius 3 is 2.94 bits per heavy atom. The number of ether oxygens (including phenoxy) is 1. The quantitative estimate of drug-likeness (QED) is 0.749. The number of aliphatic carboxylic acids is 1. The number of rotatable bonds is 4. The Morgan fingerprint density at radius 1 is 1.50 bits per heavy atom. The van der Waals surface area contributed by atoms with Crippen molar-refractivity contribution < 1.29 is 19.4 Å². The predicted octanol–water partition coefficient (Wildman–Crippen LogP) is 1.29. The van der Waals surface area contributed by atoms with Crippen LogP contribution in [0, 0.1) is 0 Å². The molecule has 0 radical (unpaired) electrons. The molecule has 0 saturated carbocycles. The molecule has 1 aromatic carbocycles. The van der Waals surface area contributed by atoms with E-state index in [4.69, 9.17) is 9.84 Å². The lowest BCUT2D eigenvalue weighted by molar-refractivity contribution is -0.138. The molecule has 1 aliphatic heterocycles. The van der Waals surface area contributed by atoms with E-state index in [0.717, 1.165) is 0 Å². The van der Waals surface area contributed by atoms with Crippen molar-refractivity contribution in [2.45, 2.75) is 19.4 Å². The zero-order valence-corrected chi connectivity index (χ0v) is 9.90. The minimum absolute atomic E-state index is 0.260. The Balaban J connectivity index is 2.27. The number of nitrogens with one attached hydrogen (secondary N) is 2. The van der Waals surface area contributed by atoms with Crippen molar-refractivity contribution in [3.8, 4) is 5.75 Å². The van der Waals surface area contributed by atoms with Gasteiger partial charge in [-0.25, -0.2) is 0 Å². The topological polar surface area (TPSA) is 87.7 Å². The molecule has 1 amide bonds. The number of para-hydroxylation sites is 1. The van der Waals surface area contributed by atoms with Crippen LogP contribution < -0.4 is 15.4 Å². The van der Waals surface area contributed by atoms with Gasteiger partial charge in [-0.1, -0.05) is 6.07 Å². The highest BCUT2D eigenvalue weighted by Crippen LogP contribution is 2.36. The Labute approximate surface area is 104 Å². The third-order valence-electron chi connectivity index (χ3n) is 2.60. The summed E-state index contributed by atoms with van der Waals surface area (Å²) in [5.41, 5.74) is 1.23. The number of benzene rings is 1. The van der Waals surface area contributed by atoms with Gasteiger partial charge in [0.05, 0.1) is 18.7 Å². The third kappa shape index (κ3) is 2.37. The standard InChI is InChI=1S/C12H14N2O4/c1-2-18-9-5-3-4-7-11(9)14-12(17)8(13-7)6-10(15)16/h3-5,8,13H,2,6H2,1H3,(H,14,17)(H,15,16). The van der Waals surface area contributed by atoms with Crippen LogP contribution in [0.25, 0.3) is 0 Å². The van der Waals surface area contributed by atoms with Crippen molar-refractivity contribution in [3.05, 3.63) is 18.2 Å². The van der Waals surface area contributed by atoms with Gasteiger partial charge in [0.15, 0.2) is 0 Å². The first kappa shape index (κ1) is 12.2. The number of fused-ring (bicyclic) bond motifs is 1. The van der Waals surface area contributed by atoms with Gasteiger partial charge in [-0.05, 0) is 19.1 Å². The van der Waals surface area contributed by atoms with E-state index in [-0.39, 0.29) is 12.3 Å². The van der Waals surface area contributed by atoms with Gasteiger partial charge >= 0.3 is 5.97 Å². The smallest absolute Gasteiger partial charge is 0.305 e. The second-order valence-corrected chi connectivity index (χ2v) is 3.90. The van der Waals surface area contributed by atoms with E-state index in [1.807, 2.05) is 6.92 Å². The van der Waals surface area contributed by atoms with E-state index < -0.39 is 12.0 Å². The number of hydrogen-bond donors (Lipinski definition) is 3. The maximum Gasteiger partial charge on any atom is 0.305 e. The number of carboxylic acid groups (broad SMARTS) is 1. The van der Waals surface area contributed by atoms with E-state index in [1.165, 1.54) is 0 Å². The lowest BCUT2D eigenvalue weighted by atomic mass is 10.1. The molecule has 0 fully saturated rings. The minimum Gasteiger partial charge on any atom is -0.492 e. The SMILES string of the molecule is CCOc1cccc2c1NC(=O)C(CC(=O)O)N2. The Hall–Kier alpha value is -2.24. The Morgan fingerprint density at radius 2 is 2.28 bits per heavy atom. The van der Waals surface area contributed by atoms with Crippen LogP contribution in [0.15, 0.2) is 18.2 Å². The van der Waals surface area contributed by atoms with Crippen LogP contribution in [0.5, 0.6) is 5.75 Å². The van der Waals surface area contributed by atoms with E-state index in [0.29, 0.717) is 23.7 Å². The van der Waals surface area contributed by atoms with Crippen LogP contribution >= 0.6 is 0 Å². The molecule has 1 atom stereocenters. The van der Waals surface area contributed by atoms with E-state index in [9.17, 15) is 9.59 Å². The number of anilines is 2. The van der Waals surface area contributed by atoms with Gasteiger partial charge in [0.1, 0.15) is 17.5 Å². The number of amides is 1. The van der Waals surface area contributed by atoms with Crippen LogP contribution in [0.4, 0.5) is 11.4 Å². The first-order valence-corrected chi connectivity index (χ1v) is 5.66. The number of carbonyl (C=O) groups is 2. The summed E-state index contributed by atoms with van der Waals surface area (Å²) in [5.74, 6) is -0.811. The van der Waals surface area contributed by atoms with Crippen LogP contribution in [0.2, 0.25) is 0 Å². The molecule has 0 spiro atoms. The van der Waals surface area contributed by atoms with Crippen LogP contribution in [-0.2, 0) is 9.59 Å². The van der Waals surface area contributed by atoms with Crippen LogP contribution in [0.1, 0.15) is 13.3 Å². The van der Waals surface area contributed by atoms with Crippen LogP contribution in [0.3, 0.4) is 0 Å². The fourth-order valence-electron chi connectivity index (χ4n) is 1.84. The third-order valence-corrected chi connectivity index (χ3v) is 2.60. The number of carboxylic acids is 1. The Kier molecular flexibility index (Phi) is 3.36. The second-order valence-electron chi connectivity index (χ2n) is 3.90. The molecule has 1 aromatic rings. The monoisotopic (exact) mass is 250 g/mol. The number of carbonyl (C=O) groups excluding carboxylic acids is 1. The molecule has 6 heteroatoms. The van der Waals surface area contributed by atoms with Crippen molar-refractivity contribution in [2.24, 2.45) is 0 Å². The molecule has 1 aliphatic rings. The molecular formula is C12H14N2O4. The lowest BCUT2D eigenvalue weighted by Crippen LogP contribution is -2.40. The summed E-state index contributed by atoms with van der Waals surface area (Å²) in [6.45, 7) is 2.34. The summed E-state index contributed by atoms with van der Waals surface area (Å²) in [4.78, 5) is 22.4. The highest BCUT2D eigenvalue weighted by atomic mass is 16.5. The summed E-state index contributed by atoms with van der Waals surface area (Å²) >= 11 is 0. The first-order valence-electron chi connectivity index (χ1n) is 5.66. The Bertz CT molecular complexity index is 487. The van der Waals surface area contributed by atoms with Gasteiger partial charge in [0.2, 0.25) is 5.91 Å². The maximum absolute atomic E-state index is 11.8. The van der Waals surface area contributed by atoms with Gasteiger partial charge in [0.25, 0.3) is 0 Å². The van der Waals surface area contributed by atoms with Gasteiger partial charge in [-0.3, -0.25) is 9.59 Å². The minimum atomic E-state index is -1.02. The molecule has 0 aromatic heterocycles. The molecule has 0 saturated heterocycles. The fourth-order valence-corrected chi connectivity index (χ4v) is 1.84. The molecule has 0 bridgehead atoms. The van der Waals surface area contributed by atoms with Crippen molar-refractivity contribution in [3.63, 3.8) is 0 Å². The van der Waals surface area contributed by atoms with Gasteiger partial charge in [-0.15, -0.1) is 0 Å². The summed E-state index contributed by atoms with van der Waals surface area (Å²) in [5, 5.41) is 14.3. The van der Waals surface area contributed by atoms with Gasteiger partial charge in [-0.2, -0.15) is 0 Å². The number of hydrogen-bond acceptors (Lipinski definition) is 4.